The molecule has 5 unspecified atom stereocenters. The van der Waals surface area contributed by atoms with Gasteiger partial charge < -0.3 is 0 Å². The molecule has 0 N–H and O–H groups in total. The lowest BCUT2D eigenvalue weighted by Crippen LogP contribution is -2.40. The lowest BCUT2D eigenvalue weighted by atomic mass is 9.64. The second kappa shape index (κ2) is 4.27. The monoisotopic (exact) mass is 240 g/mol. The minimum Gasteiger partial charge on any atom is -0.0994 e. The van der Waals surface area contributed by atoms with Crippen molar-refractivity contribution in [2.24, 2.45) is 23.2 Å². The van der Waals surface area contributed by atoms with Crippen molar-refractivity contribution in [2.75, 3.05) is 6.16 Å². The van der Waals surface area contributed by atoms with E-state index in [4.69, 9.17) is 0 Å². The Labute approximate surface area is 103 Å². The molecule has 1 heterocycles. The summed E-state index contributed by atoms with van der Waals surface area (Å²) < 4.78 is 0. The van der Waals surface area contributed by atoms with Crippen LogP contribution >= 0.6 is 7.92 Å². The normalized spacial score (nSPS) is 43.3. The summed E-state index contributed by atoms with van der Waals surface area (Å²) >= 11 is 0. The van der Waals surface area contributed by atoms with E-state index in [1.165, 1.54) is 6.42 Å². The Bertz CT molecular complexity index is 256. The Morgan fingerprint density at radius 3 is 2.19 bits per heavy atom. The molecule has 1 aliphatic heterocycles. The van der Waals surface area contributed by atoms with Crippen LogP contribution in [0.15, 0.2) is 0 Å². The fourth-order valence-corrected chi connectivity index (χ4v) is 6.31. The van der Waals surface area contributed by atoms with Crippen molar-refractivity contribution >= 4 is 7.92 Å². The first-order chi connectivity index (χ1) is 7.33. The van der Waals surface area contributed by atoms with Gasteiger partial charge in [-0.1, -0.05) is 49.5 Å². The van der Waals surface area contributed by atoms with Gasteiger partial charge in [0.15, 0.2) is 0 Å². The lowest BCUT2D eigenvalue weighted by Gasteiger charge is -2.47. The van der Waals surface area contributed by atoms with Gasteiger partial charge >= 0.3 is 0 Å². The highest BCUT2D eigenvalue weighted by Gasteiger charge is 2.50. The minimum absolute atomic E-state index is 0.491. The topological polar surface area (TPSA) is 0 Å². The highest BCUT2D eigenvalue weighted by molar-refractivity contribution is 7.67. The Hall–Kier alpha value is 0.430. The molecule has 0 nitrogen and oxygen atoms in total. The Balaban J connectivity index is 1.82. The van der Waals surface area contributed by atoms with Gasteiger partial charge in [0.25, 0.3) is 0 Å². The third-order valence-corrected chi connectivity index (χ3v) is 8.93. The Morgan fingerprint density at radius 2 is 1.81 bits per heavy atom. The van der Waals surface area contributed by atoms with Crippen LogP contribution in [0.4, 0.5) is 0 Å². The summed E-state index contributed by atoms with van der Waals surface area (Å²) in [5, 5.41) is 0. The molecule has 0 radical (unpaired) electrons. The van der Waals surface area contributed by atoms with Gasteiger partial charge in [0.1, 0.15) is 0 Å². The van der Waals surface area contributed by atoms with Crippen LogP contribution in [-0.2, 0) is 0 Å². The van der Waals surface area contributed by atoms with E-state index < -0.39 is 0 Å². The molecule has 2 fully saturated rings. The maximum Gasteiger partial charge on any atom is -0.0175 e. The average Bonchev–Trinajstić information content (AvgIpc) is 2.88. The molecule has 0 amide bonds. The first-order valence-electron chi connectivity index (χ1n) is 7.08. The third kappa shape index (κ3) is 2.33. The summed E-state index contributed by atoms with van der Waals surface area (Å²) in [5.74, 6) is 2.90. The standard InChI is InChI=1S/C15H29P/c1-10(2)15(5,6)8-13-7-14(12(13)4)16-9-11(16)3/h10-14H,7-9H2,1-6H3. The molecule has 0 aromatic rings. The van der Waals surface area contributed by atoms with Gasteiger partial charge in [-0.15, -0.1) is 0 Å². The highest BCUT2D eigenvalue weighted by atomic mass is 31.1. The van der Waals surface area contributed by atoms with Gasteiger partial charge in [-0.3, -0.25) is 0 Å². The molecule has 1 saturated carbocycles. The Morgan fingerprint density at radius 1 is 1.25 bits per heavy atom. The van der Waals surface area contributed by atoms with Gasteiger partial charge in [-0.05, 0) is 53.5 Å². The Kier molecular flexibility index (Phi) is 3.44. The molecule has 0 aromatic heterocycles. The molecule has 0 bridgehead atoms. The first-order valence-corrected chi connectivity index (χ1v) is 8.75. The highest BCUT2D eigenvalue weighted by Crippen LogP contribution is 2.70. The van der Waals surface area contributed by atoms with Crippen LogP contribution in [0.25, 0.3) is 0 Å². The minimum atomic E-state index is 0.491. The van der Waals surface area contributed by atoms with Crippen molar-refractivity contribution < 1.29 is 0 Å². The van der Waals surface area contributed by atoms with Crippen LogP contribution in [0.5, 0.6) is 0 Å². The number of rotatable bonds is 4. The van der Waals surface area contributed by atoms with Crippen LogP contribution < -0.4 is 0 Å². The molecule has 0 spiro atoms. The molecule has 5 atom stereocenters. The van der Waals surface area contributed by atoms with Gasteiger partial charge in [-0.2, -0.15) is 0 Å². The lowest BCUT2D eigenvalue weighted by molar-refractivity contribution is 0.0997. The third-order valence-electron chi connectivity index (χ3n) is 5.58. The van der Waals surface area contributed by atoms with Crippen LogP contribution in [-0.4, -0.2) is 17.5 Å². The molecule has 2 rings (SSSR count). The van der Waals surface area contributed by atoms with E-state index in [-0.39, 0.29) is 0 Å². The van der Waals surface area contributed by atoms with Crippen molar-refractivity contribution in [1.29, 1.82) is 0 Å². The molecule has 0 aromatic carbocycles. The van der Waals surface area contributed by atoms with Crippen LogP contribution in [0.1, 0.15) is 54.4 Å². The van der Waals surface area contributed by atoms with Gasteiger partial charge in [0.2, 0.25) is 0 Å². The van der Waals surface area contributed by atoms with Gasteiger partial charge in [0.05, 0.1) is 0 Å². The van der Waals surface area contributed by atoms with E-state index in [2.05, 4.69) is 41.5 Å². The number of hydrogen-bond acceptors (Lipinski definition) is 0. The summed E-state index contributed by atoms with van der Waals surface area (Å²) in [7, 11) is 0.491. The van der Waals surface area contributed by atoms with E-state index in [9.17, 15) is 0 Å². The van der Waals surface area contributed by atoms with Crippen LogP contribution in [0, 0.1) is 23.2 Å². The smallest absolute Gasteiger partial charge is 0.0175 e. The second-order valence-corrected chi connectivity index (χ2v) is 10.3. The average molecular weight is 240 g/mol. The predicted molar refractivity (Wildman–Crippen MR) is 75.5 cm³/mol. The predicted octanol–water partition coefficient (Wildman–Crippen LogP) is 4.97. The van der Waals surface area contributed by atoms with E-state index >= 15 is 0 Å². The fraction of sp³-hybridized carbons (Fsp3) is 1.00. The summed E-state index contributed by atoms with van der Waals surface area (Å²) in [4.78, 5) is 0. The quantitative estimate of drug-likeness (QED) is 0.609. The van der Waals surface area contributed by atoms with E-state index in [1.807, 2.05) is 0 Å². The summed E-state index contributed by atoms with van der Waals surface area (Å²) in [6, 6.07) is 0. The molecule has 1 aliphatic carbocycles. The molecule has 1 heteroatoms. The van der Waals surface area contributed by atoms with E-state index in [1.54, 1.807) is 12.6 Å². The first kappa shape index (κ1) is 12.9. The largest absolute Gasteiger partial charge is 0.0994 e. The van der Waals surface area contributed by atoms with Gasteiger partial charge in [-0.25, -0.2) is 0 Å². The maximum atomic E-state index is 2.53. The van der Waals surface area contributed by atoms with E-state index in [0.717, 1.165) is 29.1 Å². The summed E-state index contributed by atoms with van der Waals surface area (Å²) in [5.41, 5.74) is 2.81. The molecule has 1 saturated heterocycles. The van der Waals surface area contributed by atoms with Gasteiger partial charge in [0, 0.05) is 0 Å². The van der Waals surface area contributed by atoms with Crippen LogP contribution in [0.3, 0.4) is 0 Å². The molecule has 16 heavy (non-hydrogen) atoms. The van der Waals surface area contributed by atoms with Crippen molar-refractivity contribution in [1.82, 2.24) is 0 Å². The van der Waals surface area contributed by atoms with Crippen molar-refractivity contribution in [2.45, 2.75) is 65.7 Å². The molecule has 2 aliphatic rings. The van der Waals surface area contributed by atoms with Crippen molar-refractivity contribution in [3.8, 4) is 0 Å². The SMILES string of the molecule is CC1C(CC(C)(C)C(C)C)CC1P1CC1C. The second-order valence-electron chi connectivity index (χ2n) is 7.32. The molecular weight excluding hydrogens is 211 g/mol. The summed E-state index contributed by atoms with van der Waals surface area (Å²) in [6.45, 7) is 14.7. The maximum absolute atomic E-state index is 2.53. The zero-order valence-corrected chi connectivity index (χ0v) is 12.8. The van der Waals surface area contributed by atoms with Crippen LogP contribution in [0.2, 0.25) is 0 Å². The zero-order valence-electron chi connectivity index (χ0n) is 12.0. The molecule has 94 valence electrons. The molecular formula is C15H29P. The summed E-state index contributed by atoms with van der Waals surface area (Å²) in [6.07, 6.45) is 4.61. The van der Waals surface area contributed by atoms with Crippen molar-refractivity contribution in [3.63, 3.8) is 0 Å². The van der Waals surface area contributed by atoms with Crippen molar-refractivity contribution in [3.05, 3.63) is 0 Å². The fourth-order valence-electron chi connectivity index (χ4n) is 3.20. The van der Waals surface area contributed by atoms with E-state index in [0.29, 0.717) is 13.3 Å². The number of hydrogen-bond donors (Lipinski definition) is 0. The zero-order chi connectivity index (χ0) is 12.1.